The van der Waals surface area contributed by atoms with Gasteiger partial charge in [0.25, 0.3) is 0 Å². The van der Waals surface area contributed by atoms with Crippen LogP contribution < -0.4 is 5.73 Å². The zero-order chi connectivity index (χ0) is 13.0. The summed E-state index contributed by atoms with van der Waals surface area (Å²) in [6.45, 7) is 0. The molecule has 0 amide bonds. The third-order valence-corrected chi connectivity index (χ3v) is 3.99. The third-order valence-electron chi connectivity index (χ3n) is 3.99. The number of amidine groups is 1. The second kappa shape index (κ2) is 6.01. The summed E-state index contributed by atoms with van der Waals surface area (Å²) in [5.41, 5.74) is 6.89. The Morgan fingerprint density at radius 3 is 2.50 bits per heavy atom. The molecule has 1 aromatic rings. The summed E-state index contributed by atoms with van der Waals surface area (Å²) in [7, 11) is 2.18. The summed E-state index contributed by atoms with van der Waals surface area (Å²) < 4.78 is 0. The zero-order valence-electron chi connectivity index (χ0n) is 11.1. The Bertz CT molecular complexity index is 382. The summed E-state index contributed by atoms with van der Waals surface area (Å²) in [4.78, 5) is 2.42. The van der Waals surface area contributed by atoms with Crippen molar-refractivity contribution in [3.05, 3.63) is 35.9 Å². The van der Waals surface area contributed by atoms with Gasteiger partial charge in [0.1, 0.15) is 0 Å². The number of nitrogens with one attached hydrogen (secondary N) is 1. The lowest BCUT2D eigenvalue weighted by atomic mass is 10.00. The fraction of sp³-hybridized carbons (Fsp3) is 0.533. The first-order valence-corrected chi connectivity index (χ1v) is 6.78. The molecule has 3 heteroatoms. The standard InChI is InChI=1S/C15H23N3/c1-18(13-9-5-6-10-13)14(11-15(16)17)12-7-3-2-4-8-12/h2-4,7-8,13-14H,5-6,9-11H2,1H3,(H3,16,17). The minimum absolute atomic E-state index is 0.242. The van der Waals surface area contributed by atoms with Crippen molar-refractivity contribution >= 4 is 5.84 Å². The van der Waals surface area contributed by atoms with Gasteiger partial charge in [-0.3, -0.25) is 10.3 Å². The molecule has 1 aliphatic carbocycles. The Labute approximate surface area is 109 Å². The molecule has 0 saturated heterocycles. The molecule has 1 atom stereocenters. The second-order valence-electron chi connectivity index (χ2n) is 5.26. The maximum atomic E-state index is 7.59. The van der Waals surface area contributed by atoms with Gasteiger partial charge >= 0.3 is 0 Å². The van der Waals surface area contributed by atoms with E-state index in [4.69, 9.17) is 11.1 Å². The molecule has 0 spiro atoms. The molecular weight excluding hydrogens is 222 g/mol. The Morgan fingerprint density at radius 2 is 1.94 bits per heavy atom. The van der Waals surface area contributed by atoms with Crippen LogP contribution in [0.1, 0.15) is 43.7 Å². The van der Waals surface area contributed by atoms with E-state index in [9.17, 15) is 0 Å². The van der Waals surface area contributed by atoms with E-state index in [0.29, 0.717) is 12.5 Å². The van der Waals surface area contributed by atoms with Crippen LogP contribution in [0.4, 0.5) is 0 Å². The van der Waals surface area contributed by atoms with Gasteiger partial charge < -0.3 is 5.73 Å². The van der Waals surface area contributed by atoms with Crippen LogP contribution in [-0.4, -0.2) is 23.8 Å². The predicted octanol–water partition coefficient (Wildman–Crippen LogP) is 2.93. The number of benzene rings is 1. The van der Waals surface area contributed by atoms with Crippen molar-refractivity contribution in [1.29, 1.82) is 5.41 Å². The summed E-state index contributed by atoms with van der Waals surface area (Å²) in [5.74, 6) is 0.272. The van der Waals surface area contributed by atoms with Gasteiger partial charge in [0.15, 0.2) is 0 Å². The van der Waals surface area contributed by atoms with Crippen molar-refractivity contribution in [3.8, 4) is 0 Å². The maximum absolute atomic E-state index is 7.59. The average Bonchev–Trinajstić information content (AvgIpc) is 2.90. The molecule has 98 valence electrons. The van der Waals surface area contributed by atoms with Crippen LogP contribution in [0.25, 0.3) is 0 Å². The van der Waals surface area contributed by atoms with Crippen molar-refractivity contribution < 1.29 is 0 Å². The van der Waals surface area contributed by atoms with Crippen LogP contribution in [0.15, 0.2) is 30.3 Å². The summed E-state index contributed by atoms with van der Waals surface area (Å²) in [5, 5.41) is 7.59. The van der Waals surface area contributed by atoms with Crippen LogP contribution in [0.5, 0.6) is 0 Å². The van der Waals surface area contributed by atoms with E-state index in [1.54, 1.807) is 0 Å². The van der Waals surface area contributed by atoms with Crippen molar-refractivity contribution in [2.75, 3.05) is 7.05 Å². The lowest BCUT2D eigenvalue weighted by molar-refractivity contribution is 0.179. The van der Waals surface area contributed by atoms with Crippen molar-refractivity contribution in [2.24, 2.45) is 5.73 Å². The highest BCUT2D eigenvalue weighted by molar-refractivity contribution is 5.77. The van der Waals surface area contributed by atoms with E-state index < -0.39 is 0 Å². The zero-order valence-corrected chi connectivity index (χ0v) is 11.1. The van der Waals surface area contributed by atoms with Gasteiger partial charge in [-0.2, -0.15) is 0 Å². The SMILES string of the molecule is CN(C1CCCC1)C(CC(=N)N)c1ccccc1. The van der Waals surface area contributed by atoms with Crippen molar-refractivity contribution in [2.45, 2.75) is 44.2 Å². The van der Waals surface area contributed by atoms with Gasteiger partial charge in [-0.15, -0.1) is 0 Å². The van der Waals surface area contributed by atoms with Gasteiger partial charge in [0, 0.05) is 18.5 Å². The highest BCUT2D eigenvalue weighted by atomic mass is 15.2. The monoisotopic (exact) mass is 245 g/mol. The highest BCUT2D eigenvalue weighted by Gasteiger charge is 2.26. The second-order valence-corrected chi connectivity index (χ2v) is 5.26. The minimum Gasteiger partial charge on any atom is -0.388 e. The molecule has 3 N–H and O–H groups in total. The summed E-state index contributed by atoms with van der Waals surface area (Å²) in [6, 6.07) is 11.3. The summed E-state index contributed by atoms with van der Waals surface area (Å²) >= 11 is 0. The molecule has 0 heterocycles. The first-order valence-electron chi connectivity index (χ1n) is 6.78. The van der Waals surface area contributed by atoms with E-state index >= 15 is 0 Å². The van der Waals surface area contributed by atoms with Crippen LogP contribution >= 0.6 is 0 Å². The largest absolute Gasteiger partial charge is 0.388 e. The van der Waals surface area contributed by atoms with E-state index in [1.807, 2.05) is 6.07 Å². The Morgan fingerprint density at radius 1 is 1.33 bits per heavy atom. The van der Waals surface area contributed by atoms with E-state index in [1.165, 1.54) is 31.2 Å². The number of nitrogens with zero attached hydrogens (tertiary/aromatic N) is 1. The van der Waals surface area contributed by atoms with Crippen LogP contribution in [-0.2, 0) is 0 Å². The normalized spacial score (nSPS) is 18.1. The molecule has 1 aliphatic rings. The van der Waals surface area contributed by atoms with Gasteiger partial charge in [0.05, 0.1) is 5.84 Å². The molecule has 0 bridgehead atoms. The minimum atomic E-state index is 0.242. The topological polar surface area (TPSA) is 53.1 Å². The Kier molecular flexibility index (Phi) is 4.37. The fourth-order valence-electron chi connectivity index (χ4n) is 2.95. The van der Waals surface area contributed by atoms with Gasteiger partial charge in [-0.05, 0) is 25.5 Å². The lowest BCUT2D eigenvalue weighted by Gasteiger charge is -2.33. The molecule has 1 aromatic carbocycles. The summed E-state index contributed by atoms with van der Waals surface area (Å²) in [6.07, 6.45) is 5.83. The Hall–Kier alpha value is -1.35. The number of hydrogen-bond donors (Lipinski definition) is 2. The predicted molar refractivity (Wildman–Crippen MR) is 75.7 cm³/mol. The molecule has 18 heavy (non-hydrogen) atoms. The van der Waals surface area contributed by atoms with Crippen molar-refractivity contribution in [3.63, 3.8) is 0 Å². The van der Waals surface area contributed by atoms with E-state index in [0.717, 1.165) is 0 Å². The van der Waals surface area contributed by atoms with E-state index in [-0.39, 0.29) is 11.9 Å². The molecular formula is C15H23N3. The Balaban J connectivity index is 2.16. The first-order chi connectivity index (χ1) is 8.68. The number of hydrogen-bond acceptors (Lipinski definition) is 2. The van der Waals surface area contributed by atoms with Gasteiger partial charge in [-0.25, -0.2) is 0 Å². The molecule has 3 nitrogen and oxygen atoms in total. The lowest BCUT2D eigenvalue weighted by Crippen LogP contribution is -2.35. The number of rotatable bonds is 5. The fourth-order valence-corrected chi connectivity index (χ4v) is 2.95. The first kappa shape index (κ1) is 13.1. The van der Waals surface area contributed by atoms with Crippen molar-refractivity contribution in [1.82, 2.24) is 4.90 Å². The van der Waals surface area contributed by atoms with Crippen LogP contribution in [0.3, 0.4) is 0 Å². The van der Waals surface area contributed by atoms with Gasteiger partial charge in [-0.1, -0.05) is 43.2 Å². The molecule has 0 radical (unpaired) electrons. The molecule has 1 unspecified atom stereocenters. The molecule has 2 rings (SSSR count). The number of nitrogens with two attached hydrogens (primary N) is 1. The highest BCUT2D eigenvalue weighted by Crippen LogP contribution is 2.31. The average molecular weight is 245 g/mol. The smallest absolute Gasteiger partial charge is 0.0924 e. The van der Waals surface area contributed by atoms with Gasteiger partial charge in [0.2, 0.25) is 0 Å². The third kappa shape index (κ3) is 3.10. The van der Waals surface area contributed by atoms with E-state index in [2.05, 4.69) is 36.2 Å². The maximum Gasteiger partial charge on any atom is 0.0924 e. The molecule has 0 aliphatic heterocycles. The van der Waals surface area contributed by atoms with Crippen LogP contribution in [0, 0.1) is 5.41 Å². The quantitative estimate of drug-likeness (QED) is 0.619. The molecule has 0 aromatic heterocycles. The van der Waals surface area contributed by atoms with Crippen LogP contribution in [0.2, 0.25) is 0 Å². The molecule has 1 saturated carbocycles. The molecule has 1 fully saturated rings.